The summed E-state index contributed by atoms with van der Waals surface area (Å²) in [6.07, 6.45) is 23.0. The lowest BCUT2D eigenvalue weighted by molar-refractivity contribution is -0.128. The molecule has 0 heterocycles. The van der Waals surface area contributed by atoms with Crippen molar-refractivity contribution in [3.63, 3.8) is 0 Å². The van der Waals surface area contributed by atoms with Crippen LogP contribution in [0.1, 0.15) is 108 Å². The van der Waals surface area contributed by atoms with Gasteiger partial charge in [-0.2, -0.15) is 0 Å². The Hall–Kier alpha value is -1.31. The molecule has 0 fully saturated rings. The number of hydrogen-bond donors (Lipinski definition) is 0. The largest absolute Gasteiger partial charge is 0.468 e. The van der Waals surface area contributed by atoms with Crippen LogP contribution in [0.5, 0.6) is 0 Å². The highest BCUT2D eigenvalue weighted by molar-refractivity contribution is 5.36. The van der Waals surface area contributed by atoms with Crippen molar-refractivity contribution in [2.75, 3.05) is 6.61 Å². The monoisotopic (exact) mass is 374 g/mol. The molecular formula is C25H42O2. The molecule has 0 amide bonds. The average Bonchev–Trinajstić information content (AvgIpc) is 2.70. The lowest BCUT2D eigenvalue weighted by Crippen LogP contribution is -1.91. The maximum atomic E-state index is 10.00. The zero-order valence-electron chi connectivity index (χ0n) is 17.5. The summed E-state index contributed by atoms with van der Waals surface area (Å²) in [4.78, 5) is 10.00. The number of benzene rings is 1. The van der Waals surface area contributed by atoms with E-state index in [1.807, 2.05) is 0 Å². The van der Waals surface area contributed by atoms with Crippen LogP contribution in [0.15, 0.2) is 30.3 Å². The van der Waals surface area contributed by atoms with Crippen LogP contribution in [-0.2, 0) is 16.0 Å². The molecule has 2 heteroatoms. The van der Waals surface area contributed by atoms with Gasteiger partial charge in [0.2, 0.25) is 0 Å². The van der Waals surface area contributed by atoms with Crippen LogP contribution in [0.25, 0.3) is 0 Å². The van der Waals surface area contributed by atoms with Gasteiger partial charge in [0.25, 0.3) is 6.47 Å². The fourth-order valence-electron chi connectivity index (χ4n) is 3.68. The summed E-state index contributed by atoms with van der Waals surface area (Å²) in [5.74, 6) is 0. The molecule has 0 N–H and O–H groups in total. The van der Waals surface area contributed by atoms with Crippen molar-refractivity contribution < 1.29 is 9.53 Å². The topological polar surface area (TPSA) is 26.3 Å². The smallest absolute Gasteiger partial charge is 0.293 e. The molecule has 27 heavy (non-hydrogen) atoms. The summed E-state index contributed by atoms with van der Waals surface area (Å²) in [6.45, 7) is 1.14. The van der Waals surface area contributed by atoms with E-state index in [9.17, 15) is 4.79 Å². The summed E-state index contributed by atoms with van der Waals surface area (Å²) in [5.41, 5.74) is 1.49. The first kappa shape index (κ1) is 23.7. The van der Waals surface area contributed by atoms with Gasteiger partial charge in [-0.1, -0.05) is 120 Å². The average molecular weight is 375 g/mol. The highest BCUT2D eigenvalue weighted by atomic mass is 16.5. The molecule has 0 atom stereocenters. The summed E-state index contributed by atoms with van der Waals surface area (Å²) < 4.78 is 4.69. The van der Waals surface area contributed by atoms with Gasteiger partial charge in [0, 0.05) is 0 Å². The first-order valence-corrected chi connectivity index (χ1v) is 11.5. The second-order valence-electron chi connectivity index (χ2n) is 7.86. The molecule has 1 rings (SSSR count). The van der Waals surface area contributed by atoms with E-state index in [1.54, 1.807) is 0 Å². The van der Waals surface area contributed by atoms with E-state index >= 15 is 0 Å². The Morgan fingerprint density at radius 2 is 0.963 bits per heavy atom. The standard InChI is InChI=1S/C25H42O2/c26-24-27-23-19-14-12-10-8-6-4-2-1-3-5-7-9-11-13-16-20-25-21-17-15-18-22-25/h15,17-18,21-22,24H,1-14,16,19-20,23H2. The highest BCUT2D eigenvalue weighted by Crippen LogP contribution is 2.14. The molecule has 0 saturated heterocycles. The summed E-state index contributed by atoms with van der Waals surface area (Å²) >= 11 is 0. The molecule has 2 nitrogen and oxygen atoms in total. The van der Waals surface area contributed by atoms with Gasteiger partial charge in [-0.15, -0.1) is 0 Å². The number of carbonyl (C=O) groups is 1. The van der Waals surface area contributed by atoms with Crippen LogP contribution in [0.2, 0.25) is 0 Å². The molecule has 154 valence electrons. The minimum Gasteiger partial charge on any atom is -0.468 e. The van der Waals surface area contributed by atoms with Crippen LogP contribution >= 0.6 is 0 Å². The van der Waals surface area contributed by atoms with E-state index in [-0.39, 0.29) is 0 Å². The second-order valence-corrected chi connectivity index (χ2v) is 7.86. The van der Waals surface area contributed by atoms with E-state index in [0.717, 1.165) is 6.42 Å². The van der Waals surface area contributed by atoms with Crippen LogP contribution in [0.4, 0.5) is 0 Å². The molecule has 0 unspecified atom stereocenters. The zero-order valence-corrected chi connectivity index (χ0v) is 17.5. The maximum absolute atomic E-state index is 10.00. The molecule has 0 aromatic heterocycles. The van der Waals surface area contributed by atoms with Gasteiger partial charge in [0.1, 0.15) is 0 Å². The Morgan fingerprint density at radius 1 is 0.556 bits per heavy atom. The number of hydrogen-bond acceptors (Lipinski definition) is 2. The quantitative estimate of drug-likeness (QED) is 0.173. The Morgan fingerprint density at radius 3 is 1.41 bits per heavy atom. The summed E-state index contributed by atoms with van der Waals surface area (Å²) in [7, 11) is 0. The van der Waals surface area contributed by atoms with Crippen molar-refractivity contribution in [3.05, 3.63) is 35.9 Å². The first-order chi connectivity index (χ1) is 13.4. The van der Waals surface area contributed by atoms with E-state index in [2.05, 4.69) is 30.3 Å². The van der Waals surface area contributed by atoms with E-state index in [4.69, 9.17) is 4.74 Å². The molecule has 0 saturated carbocycles. The Kier molecular flexibility index (Phi) is 17.1. The van der Waals surface area contributed by atoms with Crippen LogP contribution in [0.3, 0.4) is 0 Å². The van der Waals surface area contributed by atoms with Crippen LogP contribution < -0.4 is 0 Å². The Bertz CT molecular complexity index is 416. The molecule has 1 aromatic rings. The molecule has 0 aliphatic rings. The molecule has 0 aliphatic heterocycles. The van der Waals surface area contributed by atoms with Crippen molar-refractivity contribution >= 4 is 6.47 Å². The number of unbranched alkanes of at least 4 members (excludes halogenated alkanes) is 15. The minimum absolute atomic E-state index is 0.549. The second kappa shape index (κ2) is 19.5. The zero-order chi connectivity index (χ0) is 19.3. The predicted octanol–water partition coefficient (Wildman–Crippen LogP) is 7.64. The number of carbonyl (C=O) groups excluding carboxylic acids is 1. The Labute approximate surface area is 168 Å². The minimum atomic E-state index is 0.549. The third-order valence-electron chi connectivity index (χ3n) is 5.39. The van der Waals surface area contributed by atoms with Crippen molar-refractivity contribution in [1.29, 1.82) is 0 Å². The summed E-state index contributed by atoms with van der Waals surface area (Å²) in [5, 5.41) is 0. The van der Waals surface area contributed by atoms with E-state index < -0.39 is 0 Å². The van der Waals surface area contributed by atoms with Gasteiger partial charge in [-0.05, 0) is 24.8 Å². The van der Waals surface area contributed by atoms with Gasteiger partial charge in [-0.3, -0.25) is 4.79 Å². The van der Waals surface area contributed by atoms with Crippen molar-refractivity contribution in [2.45, 2.75) is 109 Å². The third-order valence-corrected chi connectivity index (χ3v) is 5.39. The lowest BCUT2D eigenvalue weighted by atomic mass is 10.0. The maximum Gasteiger partial charge on any atom is 0.293 e. The van der Waals surface area contributed by atoms with E-state index in [0.29, 0.717) is 13.1 Å². The molecule has 0 bridgehead atoms. The highest BCUT2D eigenvalue weighted by Gasteiger charge is 1.96. The third kappa shape index (κ3) is 16.6. The van der Waals surface area contributed by atoms with Crippen molar-refractivity contribution in [2.24, 2.45) is 0 Å². The predicted molar refractivity (Wildman–Crippen MR) is 116 cm³/mol. The van der Waals surface area contributed by atoms with E-state index in [1.165, 1.54) is 108 Å². The molecule has 0 spiro atoms. The SMILES string of the molecule is O=COCCCCCCCCCCCCCCCCCCc1ccccc1. The Balaban J connectivity index is 1.68. The normalized spacial score (nSPS) is 10.8. The van der Waals surface area contributed by atoms with Gasteiger partial charge in [-0.25, -0.2) is 0 Å². The van der Waals surface area contributed by atoms with Gasteiger partial charge >= 0.3 is 0 Å². The van der Waals surface area contributed by atoms with Gasteiger partial charge in [0.15, 0.2) is 0 Å². The van der Waals surface area contributed by atoms with Crippen LogP contribution in [-0.4, -0.2) is 13.1 Å². The molecule has 1 aromatic carbocycles. The number of ether oxygens (including phenoxy) is 1. The fourth-order valence-corrected chi connectivity index (χ4v) is 3.68. The lowest BCUT2D eigenvalue weighted by Gasteiger charge is -2.04. The van der Waals surface area contributed by atoms with Gasteiger partial charge in [0.05, 0.1) is 6.61 Å². The fraction of sp³-hybridized carbons (Fsp3) is 0.720. The molecule has 0 radical (unpaired) electrons. The van der Waals surface area contributed by atoms with Crippen molar-refractivity contribution in [3.8, 4) is 0 Å². The summed E-state index contributed by atoms with van der Waals surface area (Å²) in [6, 6.07) is 10.9. The number of rotatable bonds is 20. The van der Waals surface area contributed by atoms with Gasteiger partial charge < -0.3 is 4.74 Å². The van der Waals surface area contributed by atoms with Crippen molar-refractivity contribution in [1.82, 2.24) is 0 Å². The molecular weight excluding hydrogens is 332 g/mol. The van der Waals surface area contributed by atoms with Crippen LogP contribution in [0, 0.1) is 0 Å². The molecule has 0 aliphatic carbocycles. The first-order valence-electron chi connectivity index (χ1n) is 11.5. The number of aryl methyl sites for hydroxylation is 1.